The molecule has 0 saturated carbocycles. The number of aromatic amines is 1. The highest BCUT2D eigenvalue weighted by Crippen LogP contribution is 2.31. The van der Waals surface area contributed by atoms with Crippen LogP contribution in [0.4, 0.5) is 4.39 Å². The summed E-state index contributed by atoms with van der Waals surface area (Å²) in [5.74, 6) is 0.380. The van der Waals surface area contributed by atoms with Crippen LogP contribution in [0.3, 0.4) is 0 Å². The second-order valence-corrected chi connectivity index (χ2v) is 5.86. The van der Waals surface area contributed by atoms with E-state index in [0.29, 0.717) is 22.4 Å². The molecule has 0 atom stereocenters. The predicted molar refractivity (Wildman–Crippen MR) is 87.7 cm³/mol. The third kappa shape index (κ3) is 2.02. The van der Waals surface area contributed by atoms with Gasteiger partial charge in [0.25, 0.3) is 0 Å². The summed E-state index contributed by atoms with van der Waals surface area (Å²) in [7, 11) is 0. The Bertz CT molecular complexity index is 1080. The molecule has 116 valence electrons. The summed E-state index contributed by atoms with van der Waals surface area (Å²) in [6.45, 7) is 5.95. The number of hydrogen-bond acceptors (Lipinski definition) is 3. The lowest BCUT2D eigenvalue weighted by atomic mass is 10.1. The summed E-state index contributed by atoms with van der Waals surface area (Å²) in [4.78, 5) is 15.6. The minimum atomic E-state index is -0.390. The maximum atomic E-state index is 14.6. The number of fused-ring (bicyclic) bond motifs is 2. The van der Waals surface area contributed by atoms with Gasteiger partial charge < -0.3 is 9.55 Å². The van der Waals surface area contributed by atoms with Crippen molar-refractivity contribution >= 4 is 22.1 Å². The number of hydrogen-bond donors (Lipinski definition) is 1. The van der Waals surface area contributed by atoms with Gasteiger partial charge in [0.2, 0.25) is 0 Å². The zero-order valence-corrected chi connectivity index (χ0v) is 13.1. The van der Waals surface area contributed by atoms with Gasteiger partial charge >= 0.3 is 0 Å². The highest BCUT2D eigenvalue weighted by molar-refractivity contribution is 5.93. The van der Waals surface area contributed by atoms with E-state index in [9.17, 15) is 4.39 Å². The fraction of sp³-hybridized carbons (Fsp3) is 0.235. The van der Waals surface area contributed by atoms with E-state index in [2.05, 4.69) is 19.9 Å². The van der Waals surface area contributed by atoms with Crippen molar-refractivity contribution in [3.8, 4) is 11.3 Å². The standard InChI is InChI=1S/C17H16FN5/c1-9(2)23-10(3)22-16-13(18)6-11(7-14(16)23)15-12-4-5-19-17(12)21-8-20-15/h4-9H,1-3H3,(H,19,20,21)/i8D. The topological polar surface area (TPSA) is 59.4 Å². The van der Waals surface area contributed by atoms with Gasteiger partial charge in [-0.1, -0.05) is 0 Å². The smallest absolute Gasteiger partial charge is 0.151 e. The number of nitrogens with one attached hydrogen (secondary N) is 1. The molecule has 4 rings (SSSR count). The number of benzene rings is 1. The molecule has 1 N–H and O–H groups in total. The van der Waals surface area contributed by atoms with E-state index >= 15 is 0 Å². The Balaban J connectivity index is 2.06. The monoisotopic (exact) mass is 310 g/mol. The van der Waals surface area contributed by atoms with Crippen LogP contribution in [0.5, 0.6) is 0 Å². The zero-order valence-electron chi connectivity index (χ0n) is 14.1. The largest absolute Gasteiger partial charge is 0.346 e. The molecule has 0 unspecified atom stereocenters. The van der Waals surface area contributed by atoms with Gasteiger partial charge in [0.1, 0.15) is 24.7 Å². The van der Waals surface area contributed by atoms with Gasteiger partial charge in [0.15, 0.2) is 5.82 Å². The predicted octanol–water partition coefficient (Wildman–Crippen LogP) is 4.00. The highest BCUT2D eigenvalue weighted by Gasteiger charge is 2.17. The number of rotatable bonds is 2. The SMILES string of the molecule is [2H]c1nc(-c2cc(F)c3nc(C)n(C(C)C)c3c2)c2cc[nH]c2n1. The first-order chi connectivity index (χ1) is 11.5. The minimum absolute atomic E-state index is 0.103. The molecule has 6 heteroatoms. The van der Waals surface area contributed by atoms with E-state index in [1.54, 1.807) is 6.20 Å². The normalized spacial score (nSPS) is 12.5. The van der Waals surface area contributed by atoms with E-state index < -0.39 is 0 Å². The van der Waals surface area contributed by atoms with Crippen LogP contribution in [-0.4, -0.2) is 24.5 Å². The van der Waals surface area contributed by atoms with Gasteiger partial charge in [-0.05, 0) is 39.0 Å². The fourth-order valence-electron chi connectivity index (χ4n) is 3.11. The molecule has 0 fully saturated rings. The number of imidazole rings is 1. The second-order valence-electron chi connectivity index (χ2n) is 5.86. The van der Waals surface area contributed by atoms with Crippen molar-refractivity contribution in [2.24, 2.45) is 0 Å². The average Bonchev–Trinajstić information content (AvgIpc) is 3.09. The number of halogens is 1. The van der Waals surface area contributed by atoms with Gasteiger partial charge in [-0.3, -0.25) is 0 Å². The van der Waals surface area contributed by atoms with Gasteiger partial charge in [0, 0.05) is 23.2 Å². The summed E-state index contributed by atoms with van der Waals surface area (Å²) in [6.07, 6.45) is 1.63. The van der Waals surface area contributed by atoms with E-state index in [1.165, 1.54) is 6.07 Å². The first-order valence-corrected chi connectivity index (χ1v) is 7.46. The number of nitrogens with zero attached hydrogens (tertiary/aromatic N) is 4. The fourth-order valence-corrected chi connectivity index (χ4v) is 3.11. The Kier molecular flexibility index (Phi) is 2.70. The van der Waals surface area contributed by atoms with Crippen LogP contribution in [0.2, 0.25) is 0 Å². The summed E-state index contributed by atoms with van der Waals surface area (Å²) in [5.41, 5.74) is 2.81. The minimum Gasteiger partial charge on any atom is -0.346 e. The summed E-state index contributed by atoms with van der Waals surface area (Å²) in [6, 6.07) is 5.30. The van der Waals surface area contributed by atoms with E-state index in [0.717, 1.165) is 16.7 Å². The molecule has 0 aliphatic rings. The highest BCUT2D eigenvalue weighted by atomic mass is 19.1. The summed E-state index contributed by atoms with van der Waals surface area (Å²) < 4.78 is 24.4. The van der Waals surface area contributed by atoms with Gasteiger partial charge in [-0.2, -0.15) is 0 Å². The molecule has 0 radical (unpaired) electrons. The molecule has 3 aromatic heterocycles. The Morgan fingerprint density at radius 1 is 1.30 bits per heavy atom. The molecule has 0 bridgehead atoms. The Morgan fingerprint density at radius 3 is 2.91 bits per heavy atom. The molecular weight excluding hydrogens is 293 g/mol. The van der Waals surface area contributed by atoms with Crippen LogP contribution in [0.25, 0.3) is 33.3 Å². The maximum Gasteiger partial charge on any atom is 0.151 e. The first kappa shape index (κ1) is 12.8. The van der Waals surface area contributed by atoms with Crippen molar-refractivity contribution in [1.82, 2.24) is 24.5 Å². The molecule has 0 amide bonds. The van der Waals surface area contributed by atoms with Crippen LogP contribution < -0.4 is 0 Å². The lowest BCUT2D eigenvalue weighted by molar-refractivity contribution is 0.600. The molecule has 23 heavy (non-hydrogen) atoms. The summed E-state index contributed by atoms with van der Waals surface area (Å²) in [5, 5.41) is 0.761. The van der Waals surface area contributed by atoms with Crippen LogP contribution in [-0.2, 0) is 0 Å². The quantitative estimate of drug-likeness (QED) is 0.608. The molecule has 0 aliphatic carbocycles. The van der Waals surface area contributed by atoms with Crippen molar-refractivity contribution in [3.05, 3.63) is 42.3 Å². The van der Waals surface area contributed by atoms with Gasteiger partial charge in [0.05, 0.1) is 11.2 Å². The van der Waals surface area contributed by atoms with Crippen molar-refractivity contribution in [3.63, 3.8) is 0 Å². The lowest BCUT2D eigenvalue weighted by Crippen LogP contribution is -2.02. The molecule has 5 nitrogen and oxygen atoms in total. The van der Waals surface area contributed by atoms with Crippen LogP contribution in [0.15, 0.2) is 30.7 Å². The molecule has 0 saturated heterocycles. The lowest BCUT2D eigenvalue weighted by Gasteiger charge is -2.11. The van der Waals surface area contributed by atoms with Crippen LogP contribution in [0, 0.1) is 12.7 Å². The summed E-state index contributed by atoms with van der Waals surface area (Å²) >= 11 is 0. The molecule has 3 heterocycles. The average molecular weight is 310 g/mol. The van der Waals surface area contributed by atoms with Crippen molar-refractivity contribution in [2.75, 3.05) is 0 Å². The third-order valence-electron chi connectivity index (χ3n) is 4.02. The van der Waals surface area contributed by atoms with Crippen LogP contribution in [0.1, 0.15) is 27.1 Å². The van der Waals surface area contributed by atoms with Crippen molar-refractivity contribution < 1.29 is 5.76 Å². The van der Waals surface area contributed by atoms with Crippen molar-refractivity contribution in [1.29, 1.82) is 0 Å². The van der Waals surface area contributed by atoms with Gasteiger partial charge in [-0.15, -0.1) is 0 Å². The Hall–Kier alpha value is -2.76. The number of H-pyrrole nitrogens is 1. The van der Waals surface area contributed by atoms with E-state index in [4.69, 9.17) is 1.37 Å². The molecule has 1 aromatic carbocycles. The number of aryl methyl sites for hydroxylation is 1. The molecular formula is C17H16FN5. The van der Waals surface area contributed by atoms with E-state index in [1.807, 2.05) is 37.5 Å². The van der Waals surface area contributed by atoms with Gasteiger partial charge in [-0.25, -0.2) is 19.3 Å². The maximum absolute atomic E-state index is 14.6. The first-order valence-electron chi connectivity index (χ1n) is 7.96. The van der Waals surface area contributed by atoms with Crippen molar-refractivity contribution in [2.45, 2.75) is 26.8 Å². The number of aromatic nitrogens is 5. The molecule has 0 spiro atoms. The second kappa shape index (κ2) is 4.87. The van der Waals surface area contributed by atoms with Crippen LogP contribution >= 0.6 is 0 Å². The third-order valence-corrected chi connectivity index (χ3v) is 4.02. The Morgan fingerprint density at radius 2 is 2.13 bits per heavy atom. The Labute approximate surface area is 133 Å². The molecule has 0 aliphatic heterocycles. The van der Waals surface area contributed by atoms with E-state index in [-0.39, 0.29) is 18.2 Å². The molecule has 4 aromatic rings. The zero-order chi connectivity index (χ0) is 17.0.